The Labute approximate surface area is 198 Å². The molecule has 1 atom stereocenters. The number of aryl methyl sites for hydroxylation is 1. The summed E-state index contributed by atoms with van der Waals surface area (Å²) < 4.78 is 44.1. The van der Waals surface area contributed by atoms with E-state index in [2.05, 4.69) is 20.0 Å². The number of ether oxygens (including phenoxy) is 1. The molecule has 33 heavy (non-hydrogen) atoms. The van der Waals surface area contributed by atoms with Crippen LogP contribution in [0.1, 0.15) is 39.3 Å². The zero-order valence-corrected chi connectivity index (χ0v) is 20.7. The van der Waals surface area contributed by atoms with E-state index in [0.29, 0.717) is 41.9 Å². The quantitative estimate of drug-likeness (QED) is 0.132. The van der Waals surface area contributed by atoms with Gasteiger partial charge in [-0.15, -0.1) is 0 Å². The minimum absolute atomic E-state index is 0.0347. The number of thiazole rings is 1. The zero-order valence-electron chi connectivity index (χ0n) is 19.0. The zero-order chi connectivity index (χ0) is 24.6. The summed E-state index contributed by atoms with van der Waals surface area (Å²) in [7, 11) is -1.74. The number of nitrogens with zero attached hydrogens (tertiary/aromatic N) is 2. The molecule has 0 aliphatic rings. The van der Waals surface area contributed by atoms with Gasteiger partial charge in [0.05, 0.1) is 7.11 Å². The average molecular weight is 493 g/mol. The number of carbonyl (C=O) groups excluding carboxylic acids is 1. The van der Waals surface area contributed by atoms with Crippen molar-refractivity contribution < 1.29 is 22.7 Å². The second-order valence-corrected chi connectivity index (χ2v) is 9.83. The molecule has 0 spiro atoms. The van der Waals surface area contributed by atoms with E-state index in [-0.39, 0.29) is 29.6 Å². The Morgan fingerprint density at radius 2 is 2.06 bits per heavy atom. The fourth-order valence-electron chi connectivity index (χ4n) is 3.37. The fourth-order valence-corrected chi connectivity index (χ4v) is 5.48. The van der Waals surface area contributed by atoms with Gasteiger partial charge in [-0.3, -0.25) is 0 Å². The average Bonchev–Trinajstić information content (AvgIpc) is 3.29. The van der Waals surface area contributed by atoms with Gasteiger partial charge in [0.1, 0.15) is 5.75 Å². The molecule has 2 rings (SSSR count). The van der Waals surface area contributed by atoms with Crippen LogP contribution in [-0.2, 0) is 14.7 Å². The molecule has 0 aliphatic carbocycles. The van der Waals surface area contributed by atoms with E-state index in [4.69, 9.17) is 10.5 Å². The number of nitrogens with two attached hydrogens (primary N) is 1. The van der Waals surface area contributed by atoms with E-state index in [9.17, 15) is 17.9 Å². The van der Waals surface area contributed by atoms with Gasteiger partial charge in [0.25, 0.3) is 0 Å². The first-order chi connectivity index (χ1) is 15.6. The van der Waals surface area contributed by atoms with E-state index in [1.165, 1.54) is 18.4 Å². The number of methoxy groups -OCH3 is 1. The van der Waals surface area contributed by atoms with E-state index in [1.54, 1.807) is 38.4 Å². The Kier molecular flexibility index (Phi) is 9.68. The molecule has 0 saturated carbocycles. The predicted molar refractivity (Wildman–Crippen MR) is 128 cm³/mol. The van der Waals surface area contributed by atoms with E-state index < -0.39 is 16.1 Å². The summed E-state index contributed by atoms with van der Waals surface area (Å²) in [6.45, 7) is 5.37. The van der Waals surface area contributed by atoms with Gasteiger partial charge in [0.15, 0.2) is 0 Å². The summed E-state index contributed by atoms with van der Waals surface area (Å²) in [4.78, 5) is 20.8. The number of aliphatic imine (C=N–C) groups is 1. The number of sulfonamides is 1. The van der Waals surface area contributed by atoms with Crippen molar-refractivity contribution in [3.05, 3.63) is 39.3 Å². The molecular weight excluding hydrogens is 465 g/mol. The number of benzene rings is 1. The maximum atomic E-state index is 12.9. The number of nitrogens with one attached hydrogen (secondary N) is 2. The van der Waals surface area contributed by atoms with Crippen molar-refractivity contribution in [1.29, 1.82) is 0 Å². The number of hydrogen-bond donors (Lipinski definition) is 3. The van der Waals surface area contributed by atoms with Crippen LogP contribution < -0.4 is 20.5 Å². The van der Waals surface area contributed by atoms with Crippen molar-refractivity contribution >= 4 is 40.3 Å². The summed E-state index contributed by atoms with van der Waals surface area (Å²) >= 11 is 1.23. The van der Waals surface area contributed by atoms with Crippen molar-refractivity contribution in [2.24, 2.45) is 10.7 Å². The summed E-state index contributed by atoms with van der Waals surface area (Å²) in [6.07, 6.45) is 2.40. The van der Waals surface area contributed by atoms with Crippen molar-refractivity contribution in [3.8, 4) is 5.75 Å². The molecule has 0 unspecified atom stereocenters. The first kappa shape index (κ1) is 26.6. The van der Waals surface area contributed by atoms with Crippen LogP contribution in [0.2, 0.25) is 0 Å². The van der Waals surface area contributed by atoms with Crippen molar-refractivity contribution in [3.63, 3.8) is 0 Å². The predicted octanol–water partition coefficient (Wildman–Crippen LogP) is 1.30. The molecule has 1 aromatic heterocycles. The van der Waals surface area contributed by atoms with Gasteiger partial charge >= 0.3 is 148 Å². The molecular formula is C20H28BN5O5S2. The fraction of sp³-hybridized carbons (Fsp3) is 0.450. The third kappa shape index (κ3) is 6.92. The Hall–Kier alpha value is -2.64. The molecule has 0 fully saturated rings. The van der Waals surface area contributed by atoms with Gasteiger partial charge < -0.3 is 4.74 Å². The van der Waals surface area contributed by atoms with E-state index in [1.807, 2.05) is 0 Å². The molecule has 0 aliphatic heterocycles. The molecule has 13 heteroatoms. The molecule has 178 valence electrons. The summed E-state index contributed by atoms with van der Waals surface area (Å²) in [6, 6.07) is 1.07. The van der Waals surface area contributed by atoms with Crippen LogP contribution in [0.25, 0.3) is 0 Å². The molecule has 0 amide bonds. The first-order valence-electron chi connectivity index (χ1n) is 10.2. The van der Waals surface area contributed by atoms with E-state index in [0.717, 1.165) is 5.56 Å². The Morgan fingerprint density at radius 3 is 2.67 bits per heavy atom. The molecule has 10 nitrogen and oxygen atoms in total. The van der Waals surface area contributed by atoms with Gasteiger partial charge in [-0.05, 0) is 32.4 Å². The van der Waals surface area contributed by atoms with Crippen LogP contribution in [0, 0.1) is 20.8 Å². The normalized spacial score (nSPS) is 12.8. The van der Waals surface area contributed by atoms with Gasteiger partial charge in [0.2, 0.25) is 0 Å². The summed E-state index contributed by atoms with van der Waals surface area (Å²) in [5, 5.41) is 4.94. The topological polar surface area (TPSA) is 153 Å². The number of carbonyl (C=O) groups is 1. The number of rotatable bonds is 12. The number of aromatic nitrogens is 1. The third-order valence-electron chi connectivity index (χ3n) is 5.05. The Bertz CT molecular complexity index is 1120. The Balaban J connectivity index is 2.04. The number of ketones is 1. The molecule has 4 N–H and O–H groups in total. The van der Waals surface area contributed by atoms with Gasteiger partial charge in [-0.1, -0.05) is 0 Å². The molecule has 0 radical (unpaired) electrons. The molecule has 0 bridgehead atoms. The van der Waals surface area contributed by atoms with Crippen LogP contribution >= 0.6 is 11.3 Å². The molecule has 1 heterocycles. The number of Topliss-reactive ketones (excluding diaryl/α,β-unsaturated/α-hetero) is 1. The van der Waals surface area contributed by atoms with Crippen LogP contribution in [0.3, 0.4) is 0 Å². The van der Waals surface area contributed by atoms with Gasteiger partial charge in [0, 0.05) is 0 Å². The Morgan fingerprint density at radius 1 is 1.33 bits per heavy atom. The SMILES string of the molecule is COc1cc(C)c(S(=O)(=O)NC(N)=NCCC[C@H](NCB=O)C(=O)c2nccs2)c(C)c1C. The minimum atomic E-state index is -3.95. The number of hydrogen-bond acceptors (Lipinski definition) is 9. The summed E-state index contributed by atoms with van der Waals surface area (Å²) in [5.74, 6) is 0.159. The van der Waals surface area contributed by atoms with Crippen molar-refractivity contribution in [1.82, 2.24) is 15.0 Å². The van der Waals surface area contributed by atoms with Crippen molar-refractivity contribution in [2.75, 3.05) is 20.1 Å². The van der Waals surface area contributed by atoms with Crippen LogP contribution in [0.5, 0.6) is 5.75 Å². The summed E-state index contributed by atoms with van der Waals surface area (Å²) in [5.41, 5.74) is 7.64. The second kappa shape index (κ2) is 12.0. The monoisotopic (exact) mass is 493 g/mol. The van der Waals surface area contributed by atoms with Crippen LogP contribution in [0.15, 0.2) is 27.5 Å². The maximum absolute atomic E-state index is 12.9. The standard InChI is InChI=1S/C20H28BN5O5S2/c1-12-10-16(31-4)13(2)14(3)18(12)33(29,30)26-20(22)24-7-5-6-15(25-11-21-28)17(27)19-23-8-9-32-19/h8-10,15,25H,5-7,11H2,1-4H3,(H3,22,24,26)/t15-/m0/s1. The van der Waals surface area contributed by atoms with Gasteiger partial charge in [-0.25, -0.2) is 0 Å². The molecule has 2 aromatic rings. The smallest absolute Gasteiger partial charge is 0.0380 e. The second-order valence-electron chi connectivity index (χ2n) is 7.32. The van der Waals surface area contributed by atoms with Crippen LogP contribution in [-0.4, -0.2) is 58.4 Å². The number of guanidine groups is 1. The first-order valence-corrected chi connectivity index (χ1v) is 12.6. The van der Waals surface area contributed by atoms with E-state index >= 15 is 0 Å². The van der Waals surface area contributed by atoms with Crippen LogP contribution in [0.4, 0.5) is 0 Å². The van der Waals surface area contributed by atoms with Gasteiger partial charge in [-0.2, -0.15) is 0 Å². The van der Waals surface area contributed by atoms with Crippen molar-refractivity contribution in [2.45, 2.75) is 44.6 Å². The third-order valence-corrected chi connectivity index (χ3v) is 7.48. The minimum Gasteiger partial charge on any atom is -0.0380 e. The molecule has 0 saturated heterocycles. The molecule has 1 aromatic carbocycles.